The molecular weight excluding hydrogens is 208 g/mol. The van der Waals surface area contributed by atoms with Crippen LogP contribution in [0.25, 0.3) is 0 Å². The normalized spacial score (nSPS) is 10.1. The molecule has 16 heavy (non-hydrogen) atoms. The van der Waals surface area contributed by atoms with Crippen LogP contribution >= 0.6 is 0 Å². The van der Waals surface area contributed by atoms with Gasteiger partial charge in [-0.25, -0.2) is 4.79 Å². The Balaban J connectivity index is 2.80. The van der Waals surface area contributed by atoms with Gasteiger partial charge in [-0.2, -0.15) is 0 Å². The highest BCUT2D eigenvalue weighted by atomic mass is 16.5. The molecule has 0 aliphatic rings. The molecule has 0 aliphatic heterocycles. The van der Waals surface area contributed by atoms with Crippen LogP contribution in [0.5, 0.6) is 5.75 Å². The first-order chi connectivity index (χ1) is 7.69. The number of carboxylic acids is 1. The third-order valence-corrected chi connectivity index (χ3v) is 2.25. The van der Waals surface area contributed by atoms with Gasteiger partial charge < -0.3 is 14.9 Å². The van der Waals surface area contributed by atoms with Crippen molar-refractivity contribution in [3.8, 4) is 5.75 Å². The fourth-order valence-corrected chi connectivity index (χ4v) is 1.38. The van der Waals surface area contributed by atoms with Crippen LogP contribution in [0.1, 0.15) is 29.3 Å². The lowest BCUT2D eigenvalue weighted by molar-refractivity contribution is 0.0696. The Labute approximate surface area is 94.5 Å². The first-order valence-electron chi connectivity index (χ1n) is 5.29. The third-order valence-electron chi connectivity index (χ3n) is 2.25. The molecule has 4 nitrogen and oxygen atoms in total. The number of aryl methyl sites for hydroxylation is 1. The lowest BCUT2D eigenvalue weighted by Gasteiger charge is -2.10. The van der Waals surface area contributed by atoms with Gasteiger partial charge in [0.1, 0.15) is 5.75 Å². The van der Waals surface area contributed by atoms with E-state index in [1.165, 1.54) is 6.07 Å². The van der Waals surface area contributed by atoms with Crippen LogP contribution in [-0.2, 0) is 6.42 Å². The van der Waals surface area contributed by atoms with Gasteiger partial charge in [-0.05, 0) is 30.2 Å². The third kappa shape index (κ3) is 3.24. The molecule has 4 heteroatoms. The molecule has 88 valence electrons. The summed E-state index contributed by atoms with van der Waals surface area (Å²) in [6, 6.07) is 4.81. The Morgan fingerprint density at radius 2 is 2.19 bits per heavy atom. The van der Waals surface area contributed by atoms with Crippen LogP contribution in [-0.4, -0.2) is 29.4 Å². The van der Waals surface area contributed by atoms with Crippen LogP contribution in [0, 0.1) is 0 Å². The number of rotatable bonds is 6. The number of carbonyl (C=O) groups is 1. The number of aliphatic hydroxyl groups excluding tert-OH is 1. The number of hydrogen-bond donors (Lipinski definition) is 2. The fourth-order valence-electron chi connectivity index (χ4n) is 1.38. The smallest absolute Gasteiger partial charge is 0.335 e. The van der Waals surface area contributed by atoms with Crippen LogP contribution < -0.4 is 4.74 Å². The summed E-state index contributed by atoms with van der Waals surface area (Å²) in [4.78, 5) is 10.8. The lowest BCUT2D eigenvalue weighted by Crippen LogP contribution is -2.04. The van der Waals surface area contributed by atoms with Gasteiger partial charge in [-0.3, -0.25) is 0 Å². The van der Waals surface area contributed by atoms with Crippen LogP contribution in [0.2, 0.25) is 0 Å². The fraction of sp³-hybridized carbons (Fsp3) is 0.417. The summed E-state index contributed by atoms with van der Waals surface area (Å²) in [7, 11) is 0. The monoisotopic (exact) mass is 224 g/mol. The molecule has 0 radical (unpaired) electrons. The zero-order valence-corrected chi connectivity index (χ0v) is 9.27. The van der Waals surface area contributed by atoms with Crippen LogP contribution in [0.3, 0.4) is 0 Å². The number of aliphatic hydroxyl groups is 1. The first kappa shape index (κ1) is 12.5. The number of carboxylic acid groups (broad SMARTS) is 1. The van der Waals surface area contributed by atoms with Crippen molar-refractivity contribution >= 4 is 5.97 Å². The molecule has 1 aromatic carbocycles. The van der Waals surface area contributed by atoms with Crippen LogP contribution in [0.4, 0.5) is 0 Å². The maximum absolute atomic E-state index is 10.8. The summed E-state index contributed by atoms with van der Waals surface area (Å²) in [6.07, 6.45) is 1.29. The van der Waals surface area contributed by atoms with Gasteiger partial charge in [0.15, 0.2) is 0 Å². The zero-order chi connectivity index (χ0) is 12.0. The Kier molecular flexibility index (Phi) is 4.79. The van der Waals surface area contributed by atoms with Gasteiger partial charge in [-0.1, -0.05) is 6.92 Å². The summed E-state index contributed by atoms with van der Waals surface area (Å²) in [6.45, 7) is 2.48. The van der Waals surface area contributed by atoms with Crippen molar-refractivity contribution in [2.24, 2.45) is 0 Å². The number of aromatic carboxylic acids is 1. The Hall–Kier alpha value is -1.55. The molecule has 0 saturated heterocycles. The van der Waals surface area contributed by atoms with E-state index in [-0.39, 0.29) is 12.2 Å². The molecule has 0 atom stereocenters. The van der Waals surface area contributed by atoms with Gasteiger partial charge in [0.05, 0.1) is 12.2 Å². The molecule has 0 spiro atoms. The van der Waals surface area contributed by atoms with Crippen molar-refractivity contribution in [1.29, 1.82) is 0 Å². The molecule has 2 N–H and O–H groups in total. The second-order valence-corrected chi connectivity index (χ2v) is 3.41. The summed E-state index contributed by atoms with van der Waals surface area (Å²) in [5.41, 5.74) is 1.14. The summed E-state index contributed by atoms with van der Waals surface area (Å²) >= 11 is 0. The van der Waals surface area contributed by atoms with Crippen LogP contribution in [0.15, 0.2) is 18.2 Å². The zero-order valence-electron chi connectivity index (χ0n) is 9.27. The van der Waals surface area contributed by atoms with Crippen molar-refractivity contribution in [2.45, 2.75) is 19.8 Å². The van der Waals surface area contributed by atoms with Crippen molar-refractivity contribution in [2.75, 3.05) is 13.2 Å². The Bertz CT molecular complexity index is 360. The highest BCUT2D eigenvalue weighted by Crippen LogP contribution is 2.21. The molecular formula is C12H16O4. The van der Waals surface area contributed by atoms with Crippen molar-refractivity contribution in [1.82, 2.24) is 0 Å². The van der Waals surface area contributed by atoms with E-state index in [1.54, 1.807) is 12.1 Å². The predicted molar refractivity (Wildman–Crippen MR) is 60.0 cm³/mol. The van der Waals surface area contributed by atoms with E-state index >= 15 is 0 Å². The molecule has 0 saturated carbocycles. The predicted octanol–water partition coefficient (Wildman–Crippen LogP) is 1.71. The molecule has 0 aliphatic carbocycles. The Morgan fingerprint density at radius 1 is 1.44 bits per heavy atom. The van der Waals surface area contributed by atoms with E-state index in [9.17, 15) is 4.79 Å². The average Bonchev–Trinajstić information content (AvgIpc) is 2.29. The quantitative estimate of drug-likeness (QED) is 0.722. The second kappa shape index (κ2) is 6.12. The maximum Gasteiger partial charge on any atom is 0.335 e. The topological polar surface area (TPSA) is 66.8 Å². The van der Waals surface area contributed by atoms with Gasteiger partial charge in [0, 0.05) is 13.0 Å². The molecule has 1 aromatic rings. The molecule has 0 aromatic heterocycles. The van der Waals surface area contributed by atoms with E-state index in [2.05, 4.69) is 0 Å². The molecule has 0 heterocycles. The van der Waals surface area contributed by atoms with Crippen molar-refractivity contribution < 1.29 is 19.7 Å². The minimum Gasteiger partial charge on any atom is -0.493 e. The minimum atomic E-state index is -0.934. The standard InChI is InChI=1S/C12H16O4/c1-2-9-8-10(12(14)15)4-5-11(9)16-7-3-6-13/h4-5,8,13H,2-3,6-7H2,1H3,(H,14,15). The van der Waals surface area contributed by atoms with Crippen molar-refractivity contribution in [3.63, 3.8) is 0 Å². The molecule has 0 fully saturated rings. The van der Waals surface area contributed by atoms with Gasteiger partial charge >= 0.3 is 5.97 Å². The summed E-state index contributed by atoms with van der Waals surface area (Å²) in [5, 5.41) is 17.5. The first-order valence-corrected chi connectivity index (χ1v) is 5.29. The second-order valence-electron chi connectivity index (χ2n) is 3.41. The molecule has 0 unspecified atom stereocenters. The minimum absolute atomic E-state index is 0.0919. The number of hydrogen-bond acceptors (Lipinski definition) is 3. The Morgan fingerprint density at radius 3 is 2.75 bits per heavy atom. The van der Waals surface area contributed by atoms with E-state index < -0.39 is 5.97 Å². The van der Waals surface area contributed by atoms with E-state index in [1.807, 2.05) is 6.92 Å². The largest absolute Gasteiger partial charge is 0.493 e. The van der Waals surface area contributed by atoms with E-state index in [0.717, 1.165) is 12.0 Å². The highest BCUT2D eigenvalue weighted by Gasteiger charge is 2.07. The molecule has 1 rings (SSSR count). The lowest BCUT2D eigenvalue weighted by atomic mass is 10.1. The van der Waals surface area contributed by atoms with E-state index in [4.69, 9.17) is 14.9 Å². The molecule has 0 bridgehead atoms. The average molecular weight is 224 g/mol. The van der Waals surface area contributed by atoms with Crippen molar-refractivity contribution in [3.05, 3.63) is 29.3 Å². The van der Waals surface area contributed by atoms with Gasteiger partial charge in [0.2, 0.25) is 0 Å². The van der Waals surface area contributed by atoms with Gasteiger partial charge in [0.25, 0.3) is 0 Å². The SMILES string of the molecule is CCc1cc(C(=O)O)ccc1OCCCO. The highest BCUT2D eigenvalue weighted by molar-refractivity contribution is 5.88. The summed E-state index contributed by atoms with van der Waals surface area (Å²) < 4.78 is 5.45. The summed E-state index contributed by atoms with van der Waals surface area (Å²) in [5.74, 6) is -0.238. The van der Waals surface area contributed by atoms with E-state index in [0.29, 0.717) is 18.8 Å². The maximum atomic E-state index is 10.8. The molecule has 0 amide bonds. The number of benzene rings is 1. The van der Waals surface area contributed by atoms with Gasteiger partial charge in [-0.15, -0.1) is 0 Å². The number of ether oxygens (including phenoxy) is 1.